The lowest BCUT2D eigenvalue weighted by atomic mass is 9.92. The van der Waals surface area contributed by atoms with Crippen molar-refractivity contribution in [1.82, 2.24) is 4.98 Å². The van der Waals surface area contributed by atoms with Gasteiger partial charge in [0, 0.05) is 28.3 Å². The third-order valence-electron chi connectivity index (χ3n) is 3.78. The van der Waals surface area contributed by atoms with Crippen LogP contribution in [0.15, 0.2) is 18.2 Å². The summed E-state index contributed by atoms with van der Waals surface area (Å²) < 4.78 is 0. The Morgan fingerprint density at radius 3 is 2.95 bits per heavy atom. The number of rotatable bonds is 3. The van der Waals surface area contributed by atoms with Gasteiger partial charge in [0.05, 0.1) is 5.52 Å². The smallest absolute Gasteiger partial charge is 0.0741 e. The average Bonchev–Trinajstić information content (AvgIpc) is 2.43. The van der Waals surface area contributed by atoms with Crippen LogP contribution in [0.3, 0.4) is 0 Å². The van der Waals surface area contributed by atoms with E-state index in [-0.39, 0.29) is 0 Å². The van der Waals surface area contributed by atoms with E-state index in [0.717, 1.165) is 36.3 Å². The molecule has 0 spiro atoms. The summed E-state index contributed by atoms with van der Waals surface area (Å²) in [7, 11) is 0. The Balaban J connectivity index is 2.20. The highest BCUT2D eigenvalue weighted by atomic mass is 35.5. The lowest BCUT2D eigenvalue weighted by molar-refractivity contribution is 0.672. The molecule has 2 aromatic rings. The minimum atomic E-state index is 0.761. The molecule has 0 unspecified atom stereocenters. The number of pyridine rings is 1. The number of hydrogen-bond acceptors (Lipinski definition) is 2. The van der Waals surface area contributed by atoms with Crippen LogP contribution < -0.4 is 5.32 Å². The summed E-state index contributed by atoms with van der Waals surface area (Å²) >= 11 is 6.10. The Bertz CT molecular complexity index is 607. The number of hydrogen-bond donors (Lipinski definition) is 1. The SMILES string of the molecule is CCCNc1c2c(nc3cc(Cl)ccc13)CCCC2. The lowest BCUT2D eigenvalue weighted by Crippen LogP contribution is -2.11. The van der Waals surface area contributed by atoms with Crippen molar-refractivity contribution in [3.63, 3.8) is 0 Å². The van der Waals surface area contributed by atoms with Crippen molar-refractivity contribution < 1.29 is 0 Å². The standard InChI is InChI=1S/C16H19ClN2/c1-2-9-18-16-12-5-3-4-6-14(12)19-15-10-11(17)7-8-13(15)16/h7-8,10H,2-6,9H2,1H3,(H,18,19). The van der Waals surface area contributed by atoms with E-state index in [0.29, 0.717) is 0 Å². The van der Waals surface area contributed by atoms with E-state index < -0.39 is 0 Å². The second-order valence-electron chi connectivity index (χ2n) is 5.21. The largest absolute Gasteiger partial charge is 0.384 e. The Labute approximate surface area is 119 Å². The van der Waals surface area contributed by atoms with Gasteiger partial charge >= 0.3 is 0 Å². The first-order valence-corrected chi connectivity index (χ1v) is 7.52. The maximum Gasteiger partial charge on any atom is 0.0741 e. The fourth-order valence-corrected chi connectivity index (χ4v) is 3.02. The van der Waals surface area contributed by atoms with Gasteiger partial charge in [-0.3, -0.25) is 4.98 Å². The molecule has 0 atom stereocenters. The van der Waals surface area contributed by atoms with Crippen LogP contribution in [0.25, 0.3) is 10.9 Å². The number of benzene rings is 1. The molecule has 0 saturated carbocycles. The van der Waals surface area contributed by atoms with Gasteiger partial charge in [0.25, 0.3) is 0 Å². The molecule has 19 heavy (non-hydrogen) atoms. The molecule has 0 radical (unpaired) electrons. The molecule has 0 saturated heterocycles. The van der Waals surface area contributed by atoms with Crippen LogP contribution in [0.5, 0.6) is 0 Å². The van der Waals surface area contributed by atoms with Crippen LogP contribution in [-0.4, -0.2) is 11.5 Å². The highest BCUT2D eigenvalue weighted by Gasteiger charge is 2.17. The van der Waals surface area contributed by atoms with Crippen molar-refractivity contribution in [3.05, 3.63) is 34.5 Å². The van der Waals surface area contributed by atoms with Gasteiger partial charge in [-0.15, -0.1) is 0 Å². The van der Waals surface area contributed by atoms with Gasteiger partial charge in [0.15, 0.2) is 0 Å². The van der Waals surface area contributed by atoms with Crippen molar-refractivity contribution in [2.75, 3.05) is 11.9 Å². The van der Waals surface area contributed by atoms with Crippen molar-refractivity contribution >= 4 is 28.2 Å². The van der Waals surface area contributed by atoms with Gasteiger partial charge in [-0.2, -0.15) is 0 Å². The molecule has 1 heterocycles. The second kappa shape index (κ2) is 5.38. The van der Waals surface area contributed by atoms with Crippen molar-refractivity contribution in [2.45, 2.75) is 39.0 Å². The average molecular weight is 275 g/mol. The van der Waals surface area contributed by atoms with E-state index in [9.17, 15) is 0 Å². The van der Waals surface area contributed by atoms with Crippen LogP contribution in [0.4, 0.5) is 5.69 Å². The molecule has 2 nitrogen and oxygen atoms in total. The fourth-order valence-electron chi connectivity index (χ4n) is 2.85. The Morgan fingerprint density at radius 1 is 1.26 bits per heavy atom. The number of anilines is 1. The molecule has 3 rings (SSSR count). The molecular formula is C16H19ClN2. The molecular weight excluding hydrogens is 256 g/mol. The monoisotopic (exact) mass is 274 g/mol. The molecule has 100 valence electrons. The Morgan fingerprint density at radius 2 is 2.11 bits per heavy atom. The maximum absolute atomic E-state index is 6.10. The zero-order valence-corrected chi connectivity index (χ0v) is 12.1. The van der Waals surface area contributed by atoms with Gasteiger partial charge in [-0.05, 0) is 55.9 Å². The maximum atomic E-state index is 6.10. The normalized spacial score (nSPS) is 14.4. The molecule has 1 aromatic heterocycles. The van der Waals surface area contributed by atoms with Gasteiger partial charge in [-0.1, -0.05) is 18.5 Å². The summed E-state index contributed by atoms with van der Waals surface area (Å²) in [5.41, 5.74) is 5.00. The third kappa shape index (κ3) is 2.42. The molecule has 1 aliphatic rings. The van der Waals surface area contributed by atoms with Crippen LogP contribution in [0, 0.1) is 0 Å². The van der Waals surface area contributed by atoms with Gasteiger partial charge in [0.1, 0.15) is 0 Å². The molecule has 0 fully saturated rings. The topological polar surface area (TPSA) is 24.9 Å². The van der Waals surface area contributed by atoms with E-state index in [2.05, 4.69) is 18.3 Å². The minimum absolute atomic E-state index is 0.761. The first-order chi connectivity index (χ1) is 9.29. The summed E-state index contributed by atoms with van der Waals surface area (Å²) in [4.78, 5) is 4.82. The van der Waals surface area contributed by atoms with Crippen LogP contribution in [0.1, 0.15) is 37.4 Å². The number of nitrogens with zero attached hydrogens (tertiary/aromatic N) is 1. The molecule has 1 aliphatic carbocycles. The van der Waals surface area contributed by atoms with E-state index in [1.54, 1.807) is 0 Å². The molecule has 3 heteroatoms. The van der Waals surface area contributed by atoms with Crippen molar-refractivity contribution in [3.8, 4) is 0 Å². The fraction of sp³-hybridized carbons (Fsp3) is 0.438. The van der Waals surface area contributed by atoms with E-state index >= 15 is 0 Å². The van der Waals surface area contributed by atoms with Crippen LogP contribution in [0.2, 0.25) is 5.02 Å². The first-order valence-electron chi connectivity index (χ1n) is 7.14. The predicted molar refractivity (Wildman–Crippen MR) is 82.2 cm³/mol. The van der Waals surface area contributed by atoms with Crippen LogP contribution >= 0.6 is 11.6 Å². The second-order valence-corrected chi connectivity index (χ2v) is 5.64. The van der Waals surface area contributed by atoms with Crippen molar-refractivity contribution in [2.24, 2.45) is 0 Å². The third-order valence-corrected chi connectivity index (χ3v) is 4.01. The number of aryl methyl sites for hydroxylation is 1. The zero-order chi connectivity index (χ0) is 13.2. The molecule has 0 aliphatic heterocycles. The van der Waals surface area contributed by atoms with Crippen LogP contribution in [-0.2, 0) is 12.8 Å². The number of halogens is 1. The molecule has 1 N–H and O–H groups in total. The summed E-state index contributed by atoms with van der Waals surface area (Å²) in [6.45, 7) is 3.20. The highest BCUT2D eigenvalue weighted by Crippen LogP contribution is 2.34. The summed E-state index contributed by atoms with van der Waals surface area (Å²) in [5, 5.41) is 5.57. The minimum Gasteiger partial charge on any atom is -0.384 e. The number of aromatic nitrogens is 1. The molecule has 1 aromatic carbocycles. The van der Waals surface area contributed by atoms with E-state index in [1.165, 1.54) is 35.2 Å². The van der Waals surface area contributed by atoms with E-state index in [4.69, 9.17) is 16.6 Å². The summed E-state index contributed by atoms with van der Waals surface area (Å²) in [6.07, 6.45) is 5.89. The van der Waals surface area contributed by atoms with Gasteiger partial charge in [-0.25, -0.2) is 0 Å². The van der Waals surface area contributed by atoms with Gasteiger partial charge in [0.2, 0.25) is 0 Å². The zero-order valence-electron chi connectivity index (χ0n) is 11.3. The van der Waals surface area contributed by atoms with Gasteiger partial charge < -0.3 is 5.32 Å². The predicted octanol–water partition coefficient (Wildman–Crippen LogP) is 4.59. The number of nitrogens with one attached hydrogen (secondary N) is 1. The Kier molecular flexibility index (Phi) is 3.61. The summed E-state index contributed by atoms with van der Waals surface area (Å²) in [6, 6.07) is 6.03. The van der Waals surface area contributed by atoms with Crippen molar-refractivity contribution in [1.29, 1.82) is 0 Å². The first kappa shape index (κ1) is 12.7. The summed E-state index contributed by atoms with van der Waals surface area (Å²) in [5.74, 6) is 0. The number of fused-ring (bicyclic) bond motifs is 2. The highest BCUT2D eigenvalue weighted by molar-refractivity contribution is 6.31. The van der Waals surface area contributed by atoms with E-state index in [1.807, 2.05) is 12.1 Å². The molecule has 0 amide bonds. The Hall–Kier alpha value is -1.28. The quantitative estimate of drug-likeness (QED) is 0.885. The molecule has 0 bridgehead atoms. The lowest BCUT2D eigenvalue weighted by Gasteiger charge is -2.21.